The van der Waals surface area contributed by atoms with Gasteiger partial charge in [-0.3, -0.25) is 0 Å². The number of hydrogen-bond donors (Lipinski definition) is 1. The lowest BCUT2D eigenvalue weighted by Gasteiger charge is -2.19. The van der Waals surface area contributed by atoms with Crippen molar-refractivity contribution in [2.45, 2.75) is 51.1 Å². The second-order valence-electron chi connectivity index (χ2n) is 6.21. The van der Waals surface area contributed by atoms with Crippen LogP contribution in [0.15, 0.2) is 36.7 Å². The summed E-state index contributed by atoms with van der Waals surface area (Å²) in [6, 6.07) is 11.8. The molecule has 1 heterocycles. The molecule has 3 rings (SSSR count). The smallest absolute Gasteiger partial charge is 0.138 e. The van der Waals surface area contributed by atoms with Crippen LogP contribution in [0.25, 0.3) is 0 Å². The van der Waals surface area contributed by atoms with Crippen molar-refractivity contribution in [1.82, 2.24) is 20.1 Å². The summed E-state index contributed by atoms with van der Waals surface area (Å²) < 4.78 is 2.03. The molecule has 4 nitrogen and oxygen atoms in total. The average Bonchev–Trinajstić information content (AvgIpc) is 3.20. The molecule has 4 heteroatoms. The molecule has 1 saturated carbocycles. The zero-order valence-electron chi connectivity index (χ0n) is 12.9. The largest absolute Gasteiger partial charge is 0.313 e. The summed E-state index contributed by atoms with van der Waals surface area (Å²) in [5.41, 5.74) is 1.38. The molecule has 0 bridgehead atoms. The molecule has 0 spiro atoms. The van der Waals surface area contributed by atoms with Gasteiger partial charge in [-0.05, 0) is 32.3 Å². The molecule has 1 aromatic carbocycles. The quantitative estimate of drug-likeness (QED) is 0.850. The van der Waals surface area contributed by atoms with Gasteiger partial charge >= 0.3 is 0 Å². The Hall–Kier alpha value is -1.68. The molecule has 0 saturated heterocycles. The van der Waals surface area contributed by atoms with Gasteiger partial charge in [0.05, 0.1) is 0 Å². The van der Waals surface area contributed by atoms with Crippen molar-refractivity contribution in [3.63, 3.8) is 0 Å². The minimum Gasteiger partial charge on any atom is -0.313 e. The highest BCUT2D eigenvalue weighted by molar-refractivity contribution is 5.21. The highest BCUT2D eigenvalue weighted by atomic mass is 15.3. The van der Waals surface area contributed by atoms with Gasteiger partial charge in [-0.2, -0.15) is 5.10 Å². The second-order valence-corrected chi connectivity index (χ2v) is 6.21. The van der Waals surface area contributed by atoms with Crippen LogP contribution >= 0.6 is 0 Å². The highest BCUT2D eigenvalue weighted by Crippen LogP contribution is 2.24. The molecule has 1 N–H and O–H groups in total. The summed E-state index contributed by atoms with van der Waals surface area (Å²) in [7, 11) is 0. The third-order valence-electron chi connectivity index (χ3n) is 4.07. The predicted octanol–water partition coefficient (Wildman–Crippen LogP) is 2.94. The van der Waals surface area contributed by atoms with Crippen LogP contribution in [0.5, 0.6) is 0 Å². The molecule has 21 heavy (non-hydrogen) atoms. The first-order chi connectivity index (χ1) is 10.2. The van der Waals surface area contributed by atoms with Gasteiger partial charge in [-0.25, -0.2) is 9.67 Å². The Labute approximate surface area is 126 Å². The number of hydrogen-bond acceptors (Lipinski definition) is 3. The van der Waals surface area contributed by atoms with Gasteiger partial charge in [0.25, 0.3) is 0 Å². The van der Waals surface area contributed by atoms with Gasteiger partial charge in [0.15, 0.2) is 0 Å². The molecular weight excluding hydrogens is 260 g/mol. The Morgan fingerprint density at radius 1 is 1.24 bits per heavy atom. The van der Waals surface area contributed by atoms with Gasteiger partial charge in [0, 0.05) is 31.0 Å². The predicted molar refractivity (Wildman–Crippen MR) is 84.3 cm³/mol. The van der Waals surface area contributed by atoms with Gasteiger partial charge < -0.3 is 5.32 Å². The van der Waals surface area contributed by atoms with Gasteiger partial charge in [0.1, 0.15) is 12.2 Å². The number of nitrogens with one attached hydrogen (secondary N) is 1. The molecule has 0 aliphatic heterocycles. The summed E-state index contributed by atoms with van der Waals surface area (Å²) >= 11 is 0. The third kappa shape index (κ3) is 3.70. The van der Waals surface area contributed by atoms with Crippen LogP contribution in [0.1, 0.15) is 50.0 Å². The lowest BCUT2D eigenvalue weighted by atomic mass is 9.95. The van der Waals surface area contributed by atoms with Crippen molar-refractivity contribution in [1.29, 1.82) is 0 Å². The summed E-state index contributed by atoms with van der Waals surface area (Å²) in [5, 5.41) is 8.01. The van der Waals surface area contributed by atoms with E-state index in [1.54, 1.807) is 6.33 Å². The molecule has 1 atom stereocenters. The first-order valence-electron chi connectivity index (χ1n) is 7.90. The summed E-state index contributed by atoms with van der Waals surface area (Å²) in [4.78, 5) is 4.47. The molecule has 1 aliphatic carbocycles. The van der Waals surface area contributed by atoms with E-state index in [1.165, 1.54) is 18.4 Å². The summed E-state index contributed by atoms with van der Waals surface area (Å²) in [6.45, 7) is 5.32. The molecule has 1 aromatic heterocycles. The number of benzene rings is 1. The molecule has 1 fully saturated rings. The fraction of sp³-hybridized carbons (Fsp3) is 0.529. The van der Waals surface area contributed by atoms with Crippen LogP contribution in [-0.4, -0.2) is 27.4 Å². The van der Waals surface area contributed by atoms with Gasteiger partial charge in [-0.1, -0.05) is 30.3 Å². The minimum atomic E-state index is 0.357. The maximum Gasteiger partial charge on any atom is 0.138 e. The van der Waals surface area contributed by atoms with Crippen LogP contribution in [0.3, 0.4) is 0 Å². The SMILES string of the molecule is CC(C)n1ncnc1CC(CNC1CC1)c1ccccc1. The molecule has 1 aliphatic rings. The van der Waals surface area contributed by atoms with E-state index in [-0.39, 0.29) is 0 Å². The first kappa shape index (κ1) is 14.3. The number of nitrogens with zero attached hydrogens (tertiary/aromatic N) is 3. The van der Waals surface area contributed by atoms with Crippen molar-refractivity contribution < 1.29 is 0 Å². The van der Waals surface area contributed by atoms with Crippen LogP contribution in [-0.2, 0) is 6.42 Å². The van der Waals surface area contributed by atoms with Crippen molar-refractivity contribution >= 4 is 0 Å². The van der Waals surface area contributed by atoms with E-state index in [9.17, 15) is 0 Å². The first-order valence-corrected chi connectivity index (χ1v) is 7.90. The van der Waals surface area contributed by atoms with E-state index in [0.29, 0.717) is 12.0 Å². The number of rotatable bonds is 7. The minimum absolute atomic E-state index is 0.357. The maximum absolute atomic E-state index is 4.47. The zero-order valence-corrected chi connectivity index (χ0v) is 12.9. The molecule has 0 amide bonds. The standard InChI is InChI=1S/C17H24N4/c1-13(2)21-17(19-12-20-21)10-15(11-18-16-8-9-16)14-6-4-3-5-7-14/h3-7,12-13,15-16,18H,8-11H2,1-2H3. The molecule has 0 radical (unpaired) electrons. The topological polar surface area (TPSA) is 42.7 Å². The summed E-state index contributed by atoms with van der Waals surface area (Å²) in [6.07, 6.45) is 5.25. The van der Waals surface area contributed by atoms with E-state index >= 15 is 0 Å². The van der Waals surface area contributed by atoms with E-state index < -0.39 is 0 Å². The fourth-order valence-electron chi connectivity index (χ4n) is 2.70. The third-order valence-corrected chi connectivity index (χ3v) is 4.07. The fourth-order valence-corrected chi connectivity index (χ4v) is 2.70. The Kier molecular flexibility index (Phi) is 4.34. The second kappa shape index (κ2) is 6.39. The van der Waals surface area contributed by atoms with Crippen molar-refractivity contribution in [3.05, 3.63) is 48.0 Å². The van der Waals surface area contributed by atoms with E-state index in [2.05, 4.69) is 59.6 Å². The lowest BCUT2D eigenvalue weighted by molar-refractivity contribution is 0.482. The molecule has 1 unspecified atom stereocenters. The van der Waals surface area contributed by atoms with Gasteiger partial charge in [0.2, 0.25) is 0 Å². The monoisotopic (exact) mass is 284 g/mol. The maximum atomic E-state index is 4.47. The average molecular weight is 284 g/mol. The van der Waals surface area contributed by atoms with Gasteiger partial charge in [-0.15, -0.1) is 0 Å². The Morgan fingerprint density at radius 2 is 2.00 bits per heavy atom. The molecular formula is C17H24N4. The van der Waals surface area contributed by atoms with Crippen molar-refractivity contribution in [2.75, 3.05) is 6.54 Å². The molecule has 2 aromatic rings. The lowest BCUT2D eigenvalue weighted by Crippen LogP contribution is -2.26. The van der Waals surface area contributed by atoms with Crippen molar-refractivity contribution in [2.24, 2.45) is 0 Å². The van der Waals surface area contributed by atoms with Crippen LogP contribution in [0, 0.1) is 0 Å². The number of aromatic nitrogens is 3. The van der Waals surface area contributed by atoms with E-state index in [4.69, 9.17) is 0 Å². The van der Waals surface area contributed by atoms with Crippen molar-refractivity contribution in [3.8, 4) is 0 Å². The normalized spacial score (nSPS) is 16.3. The molecule has 112 valence electrons. The van der Waals surface area contributed by atoms with E-state index in [0.717, 1.165) is 24.8 Å². The summed E-state index contributed by atoms with van der Waals surface area (Å²) in [5.74, 6) is 1.53. The Balaban J connectivity index is 1.76. The van der Waals surface area contributed by atoms with E-state index in [1.807, 2.05) is 4.68 Å². The van der Waals surface area contributed by atoms with Crippen LogP contribution in [0.2, 0.25) is 0 Å². The highest BCUT2D eigenvalue weighted by Gasteiger charge is 2.23. The van der Waals surface area contributed by atoms with Crippen LogP contribution < -0.4 is 5.32 Å². The Morgan fingerprint density at radius 3 is 2.67 bits per heavy atom. The zero-order chi connectivity index (χ0) is 14.7. The van der Waals surface area contributed by atoms with Crippen LogP contribution in [0.4, 0.5) is 0 Å². The Bertz CT molecular complexity index is 557.